The van der Waals surface area contributed by atoms with Crippen LogP contribution in [0.5, 0.6) is 0 Å². The number of hydrogen-bond donors (Lipinski definition) is 2. The molecule has 0 spiro atoms. The van der Waals surface area contributed by atoms with Crippen molar-refractivity contribution in [3.8, 4) is 6.07 Å². The molecule has 1 aromatic heterocycles. The molecule has 0 aliphatic carbocycles. The minimum Gasteiger partial charge on any atom is -0.465 e. The van der Waals surface area contributed by atoms with Crippen LogP contribution in [0.25, 0.3) is 5.57 Å². The average molecular weight is 431 g/mol. The molecule has 22 heavy (non-hydrogen) atoms. The number of benzene rings is 1. The van der Waals surface area contributed by atoms with E-state index in [1.165, 1.54) is 19.4 Å². The minimum atomic E-state index is -0.519. The Morgan fingerprint density at radius 3 is 2.95 bits per heavy atom. The summed E-state index contributed by atoms with van der Waals surface area (Å²) >= 11 is 8.14. The first-order valence-electron chi connectivity index (χ1n) is 5.75. The Morgan fingerprint density at radius 1 is 1.59 bits per heavy atom. The van der Waals surface area contributed by atoms with Gasteiger partial charge >= 0.3 is 5.97 Å². The molecule has 2 aromatic rings. The lowest BCUT2D eigenvalue weighted by atomic mass is 10.2. The Bertz CT molecular complexity index is 769. The summed E-state index contributed by atoms with van der Waals surface area (Å²) in [5, 5.41) is 25.4. The van der Waals surface area contributed by atoms with Crippen LogP contribution in [0.1, 0.15) is 16.2 Å². The van der Waals surface area contributed by atoms with Crippen molar-refractivity contribution < 1.29 is 9.53 Å². The van der Waals surface area contributed by atoms with Gasteiger partial charge < -0.3 is 10.1 Å². The number of esters is 1. The van der Waals surface area contributed by atoms with Gasteiger partial charge in [0, 0.05) is 6.20 Å². The van der Waals surface area contributed by atoms with Gasteiger partial charge in [0.1, 0.15) is 11.6 Å². The summed E-state index contributed by atoms with van der Waals surface area (Å²) in [4.78, 5) is 11.6. The van der Waals surface area contributed by atoms with Gasteiger partial charge in [-0.1, -0.05) is 11.6 Å². The zero-order valence-electron chi connectivity index (χ0n) is 11.1. The molecule has 10 heteroatoms. The molecular weight excluding hydrogens is 423 g/mol. The quantitative estimate of drug-likeness (QED) is 0.434. The molecule has 0 unspecified atom stereocenters. The molecule has 0 fully saturated rings. The van der Waals surface area contributed by atoms with Gasteiger partial charge in [-0.15, -0.1) is 10.2 Å². The van der Waals surface area contributed by atoms with Crippen LogP contribution in [0.4, 0.5) is 5.69 Å². The van der Waals surface area contributed by atoms with E-state index in [9.17, 15) is 4.79 Å². The van der Waals surface area contributed by atoms with Gasteiger partial charge in [0.15, 0.2) is 0 Å². The zero-order chi connectivity index (χ0) is 16.1. The molecule has 0 saturated carbocycles. The Hall–Kier alpha value is -2.19. The lowest BCUT2D eigenvalue weighted by Gasteiger charge is -2.09. The number of halogens is 2. The Kier molecular flexibility index (Phi) is 5.29. The second-order valence-electron chi connectivity index (χ2n) is 3.83. The lowest BCUT2D eigenvalue weighted by molar-refractivity contribution is 0.0601. The van der Waals surface area contributed by atoms with Gasteiger partial charge in [0.05, 0.1) is 27.0 Å². The van der Waals surface area contributed by atoms with Crippen molar-refractivity contribution in [2.45, 2.75) is 0 Å². The van der Waals surface area contributed by atoms with Crippen molar-refractivity contribution in [1.29, 1.82) is 5.26 Å². The van der Waals surface area contributed by atoms with Crippen molar-refractivity contribution in [1.82, 2.24) is 20.6 Å². The van der Waals surface area contributed by atoms with Gasteiger partial charge in [-0.3, -0.25) is 0 Å². The second kappa shape index (κ2) is 7.19. The first kappa shape index (κ1) is 16.2. The number of tetrazole rings is 1. The van der Waals surface area contributed by atoms with E-state index in [1.54, 1.807) is 6.07 Å². The predicted octanol–water partition coefficient (Wildman–Crippen LogP) is 2.22. The molecule has 8 nitrogen and oxygen atoms in total. The number of aromatic amines is 1. The molecule has 0 radical (unpaired) electrons. The number of rotatable bonds is 4. The molecule has 0 aliphatic heterocycles. The van der Waals surface area contributed by atoms with Crippen LogP contribution in [-0.2, 0) is 4.74 Å². The number of carbonyl (C=O) groups is 1. The number of hydrogen-bond acceptors (Lipinski definition) is 7. The molecular formula is C12H8ClIN6O2. The van der Waals surface area contributed by atoms with E-state index in [0.29, 0.717) is 9.26 Å². The van der Waals surface area contributed by atoms with Crippen molar-refractivity contribution in [3.63, 3.8) is 0 Å². The van der Waals surface area contributed by atoms with Crippen LogP contribution in [0.3, 0.4) is 0 Å². The number of nitriles is 1. The summed E-state index contributed by atoms with van der Waals surface area (Å²) in [7, 11) is 1.28. The molecule has 0 amide bonds. The molecule has 0 atom stereocenters. The first-order chi connectivity index (χ1) is 10.6. The third-order valence-corrected chi connectivity index (χ3v) is 4.40. The first-order valence-corrected chi connectivity index (χ1v) is 7.21. The molecule has 112 valence electrons. The molecule has 2 rings (SSSR count). The number of methoxy groups -OCH3 is 1. The Labute approximate surface area is 143 Å². The minimum absolute atomic E-state index is 0.169. The maximum atomic E-state index is 11.6. The van der Waals surface area contributed by atoms with Gasteiger partial charge in [-0.25, -0.2) is 4.79 Å². The molecule has 1 heterocycles. The molecule has 0 bridgehead atoms. The highest BCUT2D eigenvalue weighted by molar-refractivity contribution is 14.1. The molecule has 0 saturated heterocycles. The van der Waals surface area contributed by atoms with Crippen molar-refractivity contribution in [3.05, 3.63) is 38.3 Å². The number of nitrogens with one attached hydrogen (secondary N) is 2. The molecule has 0 aliphatic rings. The number of carbonyl (C=O) groups excluding carboxylic acids is 1. The topological polar surface area (TPSA) is 117 Å². The van der Waals surface area contributed by atoms with E-state index < -0.39 is 5.97 Å². The van der Waals surface area contributed by atoms with Crippen molar-refractivity contribution in [2.24, 2.45) is 0 Å². The van der Waals surface area contributed by atoms with Crippen LogP contribution in [-0.4, -0.2) is 33.7 Å². The number of allylic oxidation sites excluding steroid dienone is 1. The van der Waals surface area contributed by atoms with E-state index in [2.05, 4.69) is 30.7 Å². The SMILES string of the molecule is COC(=O)c1ccc(NC=C(C#N)c2nn[nH]n2)c(I)c1Cl. The number of nitrogens with zero attached hydrogens (tertiary/aromatic N) is 4. The number of H-pyrrole nitrogens is 1. The van der Waals surface area contributed by atoms with E-state index >= 15 is 0 Å². The highest BCUT2D eigenvalue weighted by atomic mass is 127. The lowest BCUT2D eigenvalue weighted by Crippen LogP contribution is -2.04. The van der Waals surface area contributed by atoms with Crippen LogP contribution >= 0.6 is 34.2 Å². The fourth-order valence-corrected chi connectivity index (χ4v) is 2.37. The van der Waals surface area contributed by atoms with Crippen LogP contribution in [0, 0.1) is 14.9 Å². The van der Waals surface area contributed by atoms with Crippen LogP contribution in [0.15, 0.2) is 18.3 Å². The summed E-state index contributed by atoms with van der Waals surface area (Å²) < 4.78 is 5.26. The average Bonchev–Trinajstić information content (AvgIpc) is 3.05. The second-order valence-corrected chi connectivity index (χ2v) is 5.29. The molecule has 2 N–H and O–H groups in total. The van der Waals surface area contributed by atoms with Crippen molar-refractivity contribution in [2.75, 3.05) is 12.4 Å². The van der Waals surface area contributed by atoms with E-state index in [-0.39, 0.29) is 22.0 Å². The van der Waals surface area contributed by atoms with E-state index in [0.717, 1.165) is 0 Å². The zero-order valence-corrected chi connectivity index (χ0v) is 14.0. The summed E-state index contributed by atoms with van der Waals surface area (Å²) in [6.45, 7) is 0. The fraction of sp³-hybridized carbons (Fsp3) is 0.0833. The standard InChI is InChI=1S/C12H8ClIN6O2/c1-22-12(21)7-2-3-8(10(14)9(7)13)16-5-6(4-15)11-17-19-20-18-11/h2-3,5,16H,1H3,(H,17,18,19,20). The maximum Gasteiger partial charge on any atom is 0.339 e. The fourth-order valence-electron chi connectivity index (χ4n) is 1.50. The summed E-state index contributed by atoms with van der Waals surface area (Å²) in [6, 6.07) is 5.14. The highest BCUT2D eigenvalue weighted by Crippen LogP contribution is 2.30. The summed E-state index contributed by atoms with van der Waals surface area (Å²) in [5.74, 6) is -0.350. The monoisotopic (exact) mass is 430 g/mol. The highest BCUT2D eigenvalue weighted by Gasteiger charge is 2.15. The number of aromatic nitrogens is 4. The third kappa shape index (κ3) is 3.34. The van der Waals surface area contributed by atoms with Crippen LogP contribution < -0.4 is 5.32 Å². The Morgan fingerprint density at radius 2 is 2.36 bits per heavy atom. The van der Waals surface area contributed by atoms with Gasteiger partial charge in [0.2, 0.25) is 5.82 Å². The van der Waals surface area contributed by atoms with E-state index in [1.807, 2.05) is 28.7 Å². The largest absolute Gasteiger partial charge is 0.465 e. The van der Waals surface area contributed by atoms with Gasteiger partial charge in [-0.05, 0) is 39.9 Å². The van der Waals surface area contributed by atoms with Crippen LogP contribution in [0.2, 0.25) is 5.02 Å². The van der Waals surface area contributed by atoms with Gasteiger partial charge in [0.25, 0.3) is 0 Å². The smallest absolute Gasteiger partial charge is 0.339 e. The molecule has 1 aromatic carbocycles. The Balaban J connectivity index is 2.30. The maximum absolute atomic E-state index is 11.6. The van der Waals surface area contributed by atoms with Crippen molar-refractivity contribution >= 4 is 51.4 Å². The van der Waals surface area contributed by atoms with Gasteiger partial charge in [-0.2, -0.15) is 10.5 Å². The number of anilines is 1. The van der Waals surface area contributed by atoms with E-state index in [4.69, 9.17) is 16.9 Å². The third-order valence-electron chi connectivity index (χ3n) is 2.57. The number of ether oxygens (including phenoxy) is 1. The normalized spacial score (nSPS) is 10.9. The summed E-state index contributed by atoms with van der Waals surface area (Å²) in [5.41, 5.74) is 1.08. The summed E-state index contributed by atoms with van der Waals surface area (Å²) in [6.07, 6.45) is 1.43. The predicted molar refractivity (Wildman–Crippen MR) is 86.9 cm³/mol.